The number of benzene rings is 2. The van der Waals surface area contributed by atoms with Gasteiger partial charge in [0.2, 0.25) is 0 Å². The Morgan fingerprint density at radius 2 is 2.05 bits per heavy atom. The molecule has 1 aliphatic rings. The Balaban J connectivity index is 1.97. The zero-order valence-corrected chi connectivity index (χ0v) is 13.2. The van der Waals surface area contributed by atoms with Crippen LogP contribution in [0.15, 0.2) is 40.9 Å². The van der Waals surface area contributed by atoms with E-state index in [2.05, 4.69) is 22.0 Å². The first-order valence-electron chi connectivity index (χ1n) is 6.61. The van der Waals surface area contributed by atoms with Crippen LogP contribution >= 0.6 is 27.5 Å². The molecular weight excluding hydrogens is 338 g/mol. The van der Waals surface area contributed by atoms with Gasteiger partial charge in [0.25, 0.3) is 0 Å². The summed E-state index contributed by atoms with van der Waals surface area (Å²) in [4.78, 5) is 0. The van der Waals surface area contributed by atoms with Crippen molar-refractivity contribution in [1.29, 1.82) is 0 Å². The zero-order chi connectivity index (χ0) is 14.1. The number of hydrogen-bond acceptors (Lipinski definition) is 2. The van der Waals surface area contributed by atoms with Crippen LogP contribution in [0.25, 0.3) is 0 Å². The van der Waals surface area contributed by atoms with Gasteiger partial charge in [-0.05, 0) is 53.8 Å². The number of hydrogen-bond donors (Lipinski definition) is 1. The molecule has 0 amide bonds. The van der Waals surface area contributed by atoms with E-state index in [0.29, 0.717) is 5.02 Å². The highest BCUT2D eigenvalue weighted by molar-refractivity contribution is 9.10. The van der Waals surface area contributed by atoms with Crippen molar-refractivity contribution >= 4 is 27.5 Å². The summed E-state index contributed by atoms with van der Waals surface area (Å²) in [6.07, 6.45) is 2.11. The van der Waals surface area contributed by atoms with Gasteiger partial charge in [0.1, 0.15) is 5.75 Å². The SMILES string of the molecule is NC(c1ccc2c(c1)CCCO2)c1cc(Cl)ccc1Br. The summed E-state index contributed by atoms with van der Waals surface area (Å²) in [6.45, 7) is 0.804. The van der Waals surface area contributed by atoms with Crippen LogP contribution < -0.4 is 10.5 Å². The van der Waals surface area contributed by atoms with E-state index in [-0.39, 0.29) is 6.04 Å². The van der Waals surface area contributed by atoms with Crippen molar-refractivity contribution < 1.29 is 4.74 Å². The molecule has 0 aliphatic carbocycles. The van der Waals surface area contributed by atoms with E-state index >= 15 is 0 Å². The Bertz CT molecular complexity index is 644. The summed E-state index contributed by atoms with van der Waals surface area (Å²) in [7, 11) is 0. The molecule has 1 aliphatic heterocycles. The molecule has 20 heavy (non-hydrogen) atoms. The zero-order valence-electron chi connectivity index (χ0n) is 10.9. The molecule has 0 fully saturated rings. The Kier molecular flexibility index (Phi) is 4.01. The summed E-state index contributed by atoms with van der Waals surface area (Å²) in [5.41, 5.74) is 9.70. The number of halogens is 2. The lowest BCUT2D eigenvalue weighted by atomic mass is 9.95. The van der Waals surface area contributed by atoms with Gasteiger partial charge in [-0.2, -0.15) is 0 Å². The highest BCUT2D eigenvalue weighted by Gasteiger charge is 2.16. The molecule has 0 aromatic heterocycles. The van der Waals surface area contributed by atoms with Crippen LogP contribution in [0.2, 0.25) is 5.02 Å². The predicted molar refractivity (Wildman–Crippen MR) is 85.4 cm³/mol. The fourth-order valence-electron chi connectivity index (χ4n) is 2.51. The van der Waals surface area contributed by atoms with Crippen molar-refractivity contribution in [2.45, 2.75) is 18.9 Å². The van der Waals surface area contributed by atoms with Gasteiger partial charge in [0.05, 0.1) is 12.6 Å². The van der Waals surface area contributed by atoms with Crippen LogP contribution in [-0.2, 0) is 6.42 Å². The van der Waals surface area contributed by atoms with E-state index in [1.54, 1.807) is 0 Å². The molecule has 1 heterocycles. The number of rotatable bonds is 2. The summed E-state index contributed by atoms with van der Waals surface area (Å²) in [5.74, 6) is 0.984. The highest BCUT2D eigenvalue weighted by Crippen LogP contribution is 2.32. The van der Waals surface area contributed by atoms with Gasteiger partial charge in [0, 0.05) is 9.50 Å². The first-order valence-corrected chi connectivity index (χ1v) is 7.78. The molecule has 2 aromatic carbocycles. The van der Waals surface area contributed by atoms with Crippen molar-refractivity contribution in [1.82, 2.24) is 0 Å². The molecule has 0 spiro atoms. The van der Waals surface area contributed by atoms with Crippen LogP contribution in [-0.4, -0.2) is 6.61 Å². The summed E-state index contributed by atoms with van der Waals surface area (Å²) in [6, 6.07) is 11.7. The summed E-state index contributed by atoms with van der Waals surface area (Å²) < 4.78 is 6.61. The second-order valence-corrected chi connectivity index (χ2v) is 6.25. The quantitative estimate of drug-likeness (QED) is 0.865. The first-order chi connectivity index (χ1) is 9.65. The van der Waals surface area contributed by atoms with Crippen molar-refractivity contribution in [2.24, 2.45) is 5.73 Å². The molecule has 2 nitrogen and oxygen atoms in total. The third kappa shape index (κ3) is 2.71. The monoisotopic (exact) mass is 351 g/mol. The molecule has 0 saturated carbocycles. The summed E-state index contributed by atoms with van der Waals surface area (Å²) in [5, 5.41) is 0.694. The van der Waals surface area contributed by atoms with E-state index in [4.69, 9.17) is 22.1 Å². The van der Waals surface area contributed by atoms with E-state index < -0.39 is 0 Å². The Labute approximate surface area is 132 Å². The average Bonchev–Trinajstić information content (AvgIpc) is 2.48. The van der Waals surface area contributed by atoms with E-state index in [9.17, 15) is 0 Å². The Morgan fingerprint density at radius 1 is 1.20 bits per heavy atom. The van der Waals surface area contributed by atoms with Gasteiger partial charge in [0.15, 0.2) is 0 Å². The minimum atomic E-state index is -0.199. The number of fused-ring (bicyclic) bond motifs is 1. The normalized spacial score (nSPS) is 15.3. The standard InChI is InChI=1S/C16H15BrClNO/c17-14-5-4-12(18)9-13(14)16(19)11-3-6-15-10(8-11)2-1-7-20-15/h3-6,8-9,16H,1-2,7,19H2. The molecule has 0 saturated heterocycles. The maximum absolute atomic E-state index is 6.39. The van der Waals surface area contributed by atoms with Crippen LogP contribution in [0.4, 0.5) is 0 Å². The molecule has 2 N–H and O–H groups in total. The van der Waals surface area contributed by atoms with E-state index in [0.717, 1.165) is 40.8 Å². The van der Waals surface area contributed by atoms with Crippen molar-refractivity contribution in [2.75, 3.05) is 6.61 Å². The van der Waals surface area contributed by atoms with E-state index in [1.165, 1.54) is 5.56 Å². The number of aryl methyl sites for hydroxylation is 1. The minimum Gasteiger partial charge on any atom is -0.493 e. The second kappa shape index (κ2) is 5.76. The Morgan fingerprint density at radius 3 is 2.90 bits per heavy atom. The van der Waals surface area contributed by atoms with Gasteiger partial charge < -0.3 is 10.5 Å². The fourth-order valence-corrected chi connectivity index (χ4v) is 3.18. The van der Waals surface area contributed by atoms with Crippen LogP contribution in [0, 0.1) is 0 Å². The van der Waals surface area contributed by atoms with Gasteiger partial charge in [-0.3, -0.25) is 0 Å². The summed E-state index contributed by atoms with van der Waals surface area (Å²) >= 11 is 9.61. The van der Waals surface area contributed by atoms with Gasteiger partial charge in [-0.15, -0.1) is 0 Å². The van der Waals surface area contributed by atoms with Gasteiger partial charge in [-0.25, -0.2) is 0 Å². The average molecular weight is 353 g/mol. The lowest BCUT2D eigenvalue weighted by molar-refractivity contribution is 0.288. The highest BCUT2D eigenvalue weighted by atomic mass is 79.9. The minimum absolute atomic E-state index is 0.199. The smallest absolute Gasteiger partial charge is 0.122 e. The second-order valence-electron chi connectivity index (χ2n) is 4.96. The molecular formula is C16H15BrClNO. The van der Waals surface area contributed by atoms with Crippen molar-refractivity contribution in [3.05, 3.63) is 62.6 Å². The van der Waals surface area contributed by atoms with Crippen molar-refractivity contribution in [3.8, 4) is 5.75 Å². The lowest BCUT2D eigenvalue weighted by Gasteiger charge is -2.20. The molecule has 0 radical (unpaired) electrons. The molecule has 4 heteroatoms. The molecule has 3 rings (SSSR count). The molecule has 1 atom stereocenters. The number of ether oxygens (including phenoxy) is 1. The molecule has 1 unspecified atom stereocenters. The first kappa shape index (κ1) is 13.9. The predicted octanol–water partition coefficient (Wildman–Crippen LogP) is 4.48. The van der Waals surface area contributed by atoms with Crippen molar-refractivity contribution in [3.63, 3.8) is 0 Å². The molecule has 0 bridgehead atoms. The van der Waals surface area contributed by atoms with E-state index in [1.807, 2.05) is 30.3 Å². The molecule has 2 aromatic rings. The fraction of sp³-hybridized carbons (Fsp3) is 0.250. The van der Waals surface area contributed by atoms with Crippen LogP contribution in [0.1, 0.15) is 29.2 Å². The van der Waals surface area contributed by atoms with Crippen LogP contribution in [0.3, 0.4) is 0 Å². The lowest BCUT2D eigenvalue weighted by Crippen LogP contribution is -2.14. The van der Waals surface area contributed by atoms with Crippen LogP contribution in [0.5, 0.6) is 5.75 Å². The largest absolute Gasteiger partial charge is 0.493 e. The molecule has 104 valence electrons. The maximum Gasteiger partial charge on any atom is 0.122 e. The Hall–Kier alpha value is -1.03. The maximum atomic E-state index is 6.39. The number of nitrogens with two attached hydrogens (primary N) is 1. The topological polar surface area (TPSA) is 35.2 Å². The third-order valence-corrected chi connectivity index (χ3v) is 4.54. The van der Waals surface area contributed by atoms with Gasteiger partial charge in [-0.1, -0.05) is 39.7 Å². The van der Waals surface area contributed by atoms with Gasteiger partial charge >= 0.3 is 0 Å². The third-order valence-electron chi connectivity index (χ3n) is 3.58.